The highest BCUT2D eigenvalue weighted by molar-refractivity contribution is 5.95. The Morgan fingerprint density at radius 2 is 1.90 bits per heavy atom. The summed E-state index contributed by atoms with van der Waals surface area (Å²) in [6.45, 7) is 7.11. The van der Waals surface area contributed by atoms with Crippen LogP contribution in [0.4, 0.5) is 0 Å². The molecule has 4 rings (SSSR count). The first kappa shape index (κ1) is 20.4. The number of ether oxygens (including phenoxy) is 1. The lowest BCUT2D eigenvalue weighted by Crippen LogP contribution is -2.38. The number of benzene rings is 2. The number of aryl methyl sites for hydroxylation is 1. The van der Waals surface area contributed by atoms with E-state index in [4.69, 9.17) is 10.5 Å². The molecule has 0 unspecified atom stereocenters. The Morgan fingerprint density at radius 1 is 1.10 bits per heavy atom. The Hall–Kier alpha value is -2.86. The van der Waals surface area contributed by atoms with E-state index in [-0.39, 0.29) is 30.3 Å². The molecule has 6 heteroatoms. The van der Waals surface area contributed by atoms with Crippen molar-refractivity contribution in [3.8, 4) is 5.75 Å². The third-order valence-corrected chi connectivity index (χ3v) is 6.28. The van der Waals surface area contributed by atoms with Crippen molar-refractivity contribution in [3.05, 3.63) is 65.2 Å². The van der Waals surface area contributed by atoms with Crippen LogP contribution in [0.2, 0.25) is 0 Å². The van der Waals surface area contributed by atoms with Crippen molar-refractivity contribution in [2.24, 2.45) is 17.6 Å². The third-order valence-electron chi connectivity index (χ3n) is 6.28. The molecule has 2 aromatic carbocycles. The molecule has 0 saturated carbocycles. The zero-order valence-electron chi connectivity index (χ0n) is 17.6. The molecule has 2 aromatic rings. The van der Waals surface area contributed by atoms with E-state index < -0.39 is 0 Å². The number of hydrogen-bond acceptors (Lipinski definition) is 4. The average Bonchev–Trinajstić information content (AvgIpc) is 3.25. The van der Waals surface area contributed by atoms with Gasteiger partial charge < -0.3 is 15.4 Å². The normalized spacial score (nSPS) is 23.4. The van der Waals surface area contributed by atoms with Crippen molar-refractivity contribution < 1.29 is 14.3 Å². The Morgan fingerprint density at radius 3 is 2.63 bits per heavy atom. The molecule has 158 valence electrons. The van der Waals surface area contributed by atoms with Crippen LogP contribution in [0.5, 0.6) is 5.75 Å². The highest BCUT2D eigenvalue weighted by Crippen LogP contribution is 2.46. The molecular weight excluding hydrogens is 378 g/mol. The van der Waals surface area contributed by atoms with Gasteiger partial charge in [0.15, 0.2) is 0 Å². The minimum Gasteiger partial charge on any atom is -0.494 e. The number of primary amides is 1. The van der Waals surface area contributed by atoms with E-state index in [1.807, 2.05) is 48.2 Å². The van der Waals surface area contributed by atoms with Gasteiger partial charge in [0.05, 0.1) is 19.2 Å². The first-order chi connectivity index (χ1) is 14.5. The van der Waals surface area contributed by atoms with Crippen LogP contribution < -0.4 is 10.5 Å². The number of fused-ring (bicyclic) bond motifs is 1. The molecule has 2 amide bonds. The zero-order valence-corrected chi connectivity index (χ0v) is 17.6. The molecule has 2 aliphatic rings. The minimum absolute atomic E-state index is 0.0164. The van der Waals surface area contributed by atoms with Gasteiger partial charge in [-0.25, -0.2) is 0 Å². The number of rotatable bonds is 6. The zero-order chi connectivity index (χ0) is 21.3. The van der Waals surface area contributed by atoms with Gasteiger partial charge in [0.25, 0.3) is 5.91 Å². The lowest BCUT2D eigenvalue weighted by atomic mass is 9.87. The summed E-state index contributed by atoms with van der Waals surface area (Å²) in [4.78, 5) is 29.1. The Balaban J connectivity index is 1.66. The smallest absolute Gasteiger partial charge is 0.254 e. The van der Waals surface area contributed by atoms with Gasteiger partial charge in [-0.3, -0.25) is 14.5 Å². The summed E-state index contributed by atoms with van der Waals surface area (Å²) in [5.41, 5.74) is 8.43. The van der Waals surface area contributed by atoms with Crippen LogP contribution >= 0.6 is 0 Å². The second-order valence-electron chi connectivity index (χ2n) is 8.30. The number of carbonyl (C=O) groups excluding carboxylic acids is 2. The van der Waals surface area contributed by atoms with Crippen LogP contribution in [-0.2, 0) is 4.79 Å². The van der Waals surface area contributed by atoms with E-state index in [0.717, 1.165) is 13.1 Å². The Labute approximate surface area is 177 Å². The maximum absolute atomic E-state index is 13.6. The molecule has 2 saturated heterocycles. The monoisotopic (exact) mass is 407 g/mol. The SMILES string of the molecule is CCOc1cccc(C(=O)N2C[C@@H]3CN(CC(N)=O)C[C@@H]3[C@H]2c2ccccc2C)c1. The van der Waals surface area contributed by atoms with Gasteiger partial charge >= 0.3 is 0 Å². The van der Waals surface area contributed by atoms with Crippen LogP contribution in [0, 0.1) is 18.8 Å². The van der Waals surface area contributed by atoms with E-state index in [0.29, 0.717) is 30.4 Å². The van der Waals surface area contributed by atoms with E-state index >= 15 is 0 Å². The van der Waals surface area contributed by atoms with E-state index in [9.17, 15) is 9.59 Å². The summed E-state index contributed by atoms with van der Waals surface area (Å²) < 4.78 is 5.59. The largest absolute Gasteiger partial charge is 0.494 e. The van der Waals surface area contributed by atoms with Gasteiger partial charge in [-0.15, -0.1) is 0 Å². The molecule has 0 spiro atoms. The molecule has 2 aliphatic heterocycles. The van der Waals surface area contributed by atoms with Crippen LogP contribution in [-0.4, -0.2) is 54.4 Å². The molecule has 3 atom stereocenters. The minimum atomic E-state index is -0.303. The van der Waals surface area contributed by atoms with Crippen LogP contribution in [0.25, 0.3) is 0 Å². The van der Waals surface area contributed by atoms with Gasteiger partial charge in [-0.05, 0) is 49.1 Å². The van der Waals surface area contributed by atoms with Gasteiger partial charge in [-0.2, -0.15) is 0 Å². The van der Waals surface area contributed by atoms with Gasteiger partial charge in [0.1, 0.15) is 5.75 Å². The second-order valence-corrected chi connectivity index (χ2v) is 8.30. The van der Waals surface area contributed by atoms with Gasteiger partial charge in [0, 0.05) is 31.1 Å². The molecular formula is C24H29N3O3. The van der Waals surface area contributed by atoms with Gasteiger partial charge in [0.2, 0.25) is 5.91 Å². The topological polar surface area (TPSA) is 75.9 Å². The number of hydrogen-bond donors (Lipinski definition) is 1. The summed E-state index contributed by atoms with van der Waals surface area (Å²) in [5, 5.41) is 0. The quantitative estimate of drug-likeness (QED) is 0.799. The molecule has 0 bridgehead atoms. The van der Waals surface area contributed by atoms with E-state index in [1.165, 1.54) is 11.1 Å². The fourth-order valence-electron chi connectivity index (χ4n) is 5.06. The second kappa shape index (κ2) is 8.48. The first-order valence-electron chi connectivity index (χ1n) is 10.6. The molecule has 2 heterocycles. The number of likely N-dealkylation sites (tertiary alicyclic amines) is 2. The third kappa shape index (κ3) is 3.92. The molecule has 6 nitrogen and oxygen atoms in total. The van der Waals surface area contributed by atoms with Crippen LogP contribution in [0.1, 0.15) is 34.5 Å². The summed E-state index contributed by atoms with van der Waals surface area (Å²) in [7, 11) is 0. The molecule has 0 aliphatic carbocycles. The van der Waals surface area contributed by atoms with Crippen molar-refractivity contribution in [2.45, 2.75) is 19.9 Å². The lowest BCUT2D eigenvalue weighted by molar-refractivity contribution is -0.119. The fourth-order valence-corrected chi connectivity index (χ4v) is 5.06. The molecule has 0 radical (unpaired) electrons. The van der Waals surface area contributed by atoms with Crippen LogP contribution in [0.3, 0.4) is 0 Å². The number of amides is 2. The van der Waals surface area contributed by atoms with Crippen molar-refractivity contribution in [3.63, 3.8) is 0 Å². The highest BCUT2D eigenvalue weighted by Gasteiger charge is 2.49. The Bertz CT molecular complexity index is 945. The van der Waals surface area contributed by atoms with Gasteiger partial charge in [-0.1, -0.05) is 30.3 Å². The van der Waals surface area contributed by atoms with Crippen molar-refractivity contribution in [1.29, 1.82) is 0 Å². The highest BCUT2D eigenvalue weighted by atomic mass is 16.5. The predicted octanol–water partition coefficient (Wildman–Crippen LogP) is 2.62. The molecule has 0 aromatic heterocycles. The fraction of sp³-hybridized carbons (Fsp3) is 0.417. The predicted molar refractivity (Wildman–Crippen MR) is 115 cm³/mol. The molecule has 2 fully saturated rings. The number of nitrogens with zero attached hydrogens (tertiary/aromatic N) is 2. The summed E-state index contributed by atoms with van der Waals surface area (Å²) in [5.74, 6) is 1.05. The number of carbonyl (C=O) groups is 2. The standard InChI is InChI=1S/C24H29N3O3/c1-3-30-19-9-6-8-17(11-19)24(29)27-13-18-12-26(15-22(25)28)14-21(18)23(27)20-10-5-4-7-16(20)2/h4-11,18,21,23H,3,12-15H2,1-2H3,(H2,25,28)/t18-,21-,23+/m0/s1. The van der Waals surface area contributed by atoms with Crippen molar-refractivity contribution in [2.75, 3.05) is 32.8 Å². The lowest BCUT2D eigenvalue weighted by Gasteiger charge is -2.31. The van der Waals surface area contributed by atoms with E-state index in [1.54, 1.807) is 0 Å². The first-order valence-corrected chi connectivity index (χ1v) is 10.6. The molecule has 30 heavy (non-hydrogen) atoms. The van der Waals surface area contributed by atoms with Crippen molar-refractivity contribution >= 4 is 11.8 Å². The summed E-state index contributed by atoms with van der Waals surface area (Å²) >= 11 is 0. The number of nitrogens with two attached hydrogens (primary N) is 1. The maximum Gasteiger partial charge on any atom is 0.254 e. The maximum atomic E-state index is 13.6. The summed E-state index contributed by atoms with van der Waals surface area (Å²) in [6, 6.07) is 15.7. The Kier molecular flexibility index (Phi) is 5.77. The van der Waals surface area contributed by atoms with E-state index in [2.05, 4.69) is 24.0 Å². The average molecular weight is 408 g/mol. The van der Waals surface area contributed by atoms with Crippen LogP contribution in [0.15, 0.2) is 48.5 Å². The summed E-state index contributed by atoms with van der Waals surface area (Å²) in [6.07, 6.45) is 0. The van der Waals surface area contributed by atoms with Crippen molar-refractivity contribution in [1.82, 2.24) is 9.80 Å². The molecule has 2 N–H and O–H groups in total.